The minimum absolute atomic E-state index is 0.526. The molecule has 0 radical (unpaired) electrons. The van der Waals surface area contributed by atoms with Gasteiger partial charge in [-0.1, -0.05) is 0 Å². The van der Waals surface area contributed by atoms with Gasteiger partial charge < -0.3 is 15.6 Å². The van der Waals surface area contributed by atoms with Crippen molar-refractivity contribution in [1.82, 2.24) is 20.6 Å². The van der Waals surface area contributed by atoms with E-state index in [1.165, 1.54) is 19.4 Å². The highest BCUT2D eigenvalue weighted by molar-refractivity contribution is 5.79. The van der Waals surface area contributed by atoms with Crippen LogP contribution in [0.2, 0.25) is 0 Å². The van der Waals surface area contributed by atoms with Crippen LogP contribution in [-0.2, 0) is 11.3 Å². The number of nitrogens with zero attached hydrogens (tertiary/aromatic N) is 1. The molecule has 3 heterocycles. The van der Waals surface area contributed by atoms with Crippen LogP contribution in [0.3, 0.4) is 0 Å². The predicted octanol–water partition coefficient (Wildman–Crippen LogP) is 1.57. The van der Waals surface area contributed by atoms with Gasteiger partial charge in [-0.05, 0) is 38.4 Å². The maximum Gasteiger partial charge on any atom is 0.207 e. The van der Waals surface area contributed by atoms with E-state index in [2.05, 4.69) is 27.5 Å². The zero-order chi connectivity index (χ0) is 13.5. The topological polar surface area (TPSA) is 69.8 Å². The molecule has 0 saturated carbocycles. The number of carbonyl (C=O) groups is 1. The van der Waals surface area contributed by atoms with Crippen molar-refractivity contribution >= 4 is 17.3 Å². The first-order valence-electron chi connectivity index (χ1n) is 6.61. The highest BCUT2D eigenvalue weighted by Crippen LogP contribution is 2.12. The molecule has 0 bridgehead atoms. The van der Waals surface area contributed by atoms with E-state index in [0.717, 1.165) is 22.6 Å². The number of aromatic amines is 1. The molecule has 1 atom stereocenters. The van der Waals surface area contributed by atoms with E-state index < -0.39 is 0 Å². The summed E-state index contributed by atoms with van der Waals surface area (Å²) in [7, 11) is 0. The summed E-state index contributed by atoms with van der Waals surface area (Å²) in [6, 6.07) is 4.67. The largest absolute Gasteiger partial charge is 0.357 e. The van der Waals surface area contributed by atoms with Gasteiger partial charge in [0, 0.05) is 35.0 Å². The third kappa shape index (κ3) is 4.06. The molecule has 1 aliphatic heterocycles. The van der Waals surface area contributed by atoms with Crippen molar-refractivity contribution in [2.24, 2.45) is 0 Å². The zero-order valence-electron chi connectivity index (χ0n) is 11.1. The van der Waals surface area contributed by atoms with Crippen molar-refractivity contribution in [3.63, 3.8) is 0 Å². The lowest BCUT2D eigenvalue weighted by Crippen LogP contribution is -2.16. The number of amides is 1. The molecular formula is C14H20N4O. The lowest BCUT2D eigenvalue weighted by Gasteiger charge is -1.95. The summed E-state index contributed by atoms with van der Waals surface area (Å²) in [5, 5.41) is 6.97. The second-order valence-corrected chi connectivity index (χ2v) is 4.75. The molecule has 0 aromatic carbocycles. The summed E-state index contributed by atoms with van der Waals surface area (Å²) in [6.07, 6.45) is 6.96. The molecule has 1 aliphatic rings. The number of hydrogen-bond acceptors (Lipinski definition) is 3. The van der Waals surface area contributed by atoms with Crippen LogP contribution in [0, 0.1) is 0 Å². The fraction of sp³-hybridized carbons (Fsp3) is 0.429. The molecule has 1 unspecified atom stereocenters. The van der Waals surface area contributed by atoms with E-state index in [1.807, 2.05) is 12.1 Å². The average Bonchev–Trinajstić information content (AvgIpc) is 3.05. The summed E-state index contributed by atoms with van der Waals surface area (Å²) >= 11 is 0. The van der Waals surface area contributed by atoms with Crippen LogP contribution in [-0.4, -0.2) is 29.0 Å². The van der Waals surface area contributed by atoms with Gasteiger partial charge in [-0.2, -0.15) is 0 Å². The molecule has 0 spiro atoms. The summed E-state index contributed by atoms with van der Waals surface area (Å²) in [5.74, 6) is 0. The minimum atomic E-state index is 0.526. The second-order valence-electron chi connectivity index (χ2n) is 4.75. The highest BCUT2D eigenvalue weighted by atomic mass is 16.1. The van der Waals surface area contributed by atoms with Crippen LogP contribution in [0.15, 0.2) is 24.5 Å². The predicted molar refractivity (Wildman–Crippen MR) is 75.7 cm³/mol. The quantitative estimate of drug-likeness (QED) is 0.734. The van der Waals surface area contributed by atoms with Crippen LogP contribution < -0.4 is 10.6 Å². The maximum absolute atomic E-state index is 10.1. The molecule has 2 aromatic heterocycles. The second kappa shape index (κ2) is 6.89. The minimum Gasteiger partial charge on any atom is -0.357 e. The fourth-order valence-corrected chi connectivity index (χ4v) is 2.14. The fourth-order valence-electron chi connectivity index (χ4n) is 2.14. The molecule has 19 heavy (non-hydrogen) atoms. The zero-order valence-corrected chi connectivity index (χ0v) is 11.1. The van der Waals surface area contributed by atoms with E-state index in [9.17, 15) is 4.79 Å². The number of aromatic nitrogens is 2. The molecular weight excluding hydrogens is 240 g/mol. The molecule has 102 valence electrons. The molecule has 0 aliphatic carbocycles. The SMILES string of the molecule is CC1CCCN1.O=CNCc1cc2cnccc2[nH]1. The lowest BCUT2D eigenvalue weighted by atomic mass is 10.3. The van der Waals surface area contributed by atoms with Gasteiger partial charge in [0.05, 0.1) is 6.54 Å². The maximum atomic E-state index is 10.1. The van der Waals surface area contributed by atoms with E-state index >= 15 is 0 Å². The van der Waals surface area contributed by atoms with Crippen LogP contribution in [0.1, 0.15) is 25.5 Å². The third-order valence-electron chi connectivity index (χ3n) is 3.16. The number of nitrogens with one attached hydrogen (secondary N) is 3. The first-order chi connectivity index (χ1) is 9.29. The smallest absolute Gasteiger partial charge is 0.207 e. The van der Waals surface area contributed by atoms with Gasteiger partial charge in [-0.15, -0.1) is 0 Å². The van der Waals surface area contributed by atoms with Gasteiger partial charge in [-0.25, -0.2) is 0 Å². The third-order valence-corrected chi connectivity index (χ3v) is 3.16. The Morgan fingerprint density at radius 3 is 3.05 bits per heavy atom. The molecule has 1 saturated heterocycles. The Hall–Kier alpha value is -1.88. The van der Waals surface area contributed by atoms with Crippen molar-refractivity contribution in [3.05, 3.63) is 30.2 Å². The summed E-state index contributed by atoms with van der Waals surface area (Å²) in [4.78, 5) is 17.2. The number of pyridine rings is 1. The standard InChI is InChI=1S/C9H9N3O.C5H11N/c13-6-11-5-8-3-7-4-10-2-1-9(7)12-8;1-5-3-2-4-6-5/h1-4,6,12H,5H2,(H,11,13);5-6H,2-4H2,1H3. The lowest BCUT2D eigenvalue weighted by molar-refractivity contribution is -0.109. The van der Waals surface area contributed by atoms with Gasteiger partial charge in [-0.3, -0.25) is 9.78 Å². The first-order valence-corrected chi connectivity index (χ1v) is 6.61. The van der Waals surface area contributed by atoms with Gasteiger partial charge >= 0.3 is 0 Å². The number of hydrogen-bond donors (Lipinski definition) is 3. The first kappa shape index (κ1) is 13.5. The van der Waals surface area contributed by atoms with Crippen molar-refractivity contribution in [2.45, 2.75) is 32.4 Å². The van der Waals surface area contributed by atoms with Crippen molar-refractivity contribution in [3.8, 4) is 0 Å². The van der Waals surface area contributed by atoms with Gasteiger partial charge in [0.2, 0.25) is 6.41 Å². The van der Waals surface area contributed by atoms with E-state index in [-0.39, 0.29) is 0 Å². The van der Waals surface area contributed by atoms with Crippen LogP contribution in [0.25, 0.3) is 10.9 Å². The van der Waals surface area contributed by atoms with Crippen LogP contribution >= 0.6 is 0 Å². The average molecular weight is 260 g/mol. The van der Waals surface area contributed by atoms with E-state index in [4.69, 9.17) is 0 Å². The summed E-state index contributed by atoms with van der Waals surface area (Å²) in [5.41, 5.74) is 2.02. The van der Waals surface area contributed by atoms with Gasteiger partial charge in [0.25, 0.3) is 0 Å². The van der Waals surface area contributed by atoms with E-state index in [1.54, 1.807) is 12.4 Å². The molecule has 2 aromatic rings. The van der Waals surface area contributed by atoms with Gasteiger partial charge in [0.1, 0.15) is 0 Å². The Bertz CT molecular complexity index is 484. The Labute approximate surface area is 112 Å². The Balaban J connectivity index is 0.000000186. The van der Waals surface area contributed by atoms with Crippen LogP contribution in [0.4, 0.5) is 0 Å². The Morgan fingerprint density at radius 2 is 2.47 bits per heavy atom. The normalized spacial score (nSPS) is 17.8. The monoisotopic (exact) mass is 260 g/mol. The van der Waals surface area contributed by atoms with Gasteiger partial charge in [0.15, 0.2) is 0 Å². The highest BCUT2D eigenvalue weighted by Gasteiger charge is 2.05. The molecule has 1 fully saturated rings. The van der Waals surface area contributed by atoms with Crippen molar-refractivity contribution in [2.75, 3.05) is 6.54 Å². The van der Waals surface area contributed by atoms with E-state index in [0.29, 0.717) is 13.0 Å². The molecule has 5 nitrogen and oxygen atoms in total. The Morgan fingerprint density at radius 1 is 1.58 bits per heavy atom. The number of rotatable bonds is 3. The molecule has 3 N–H and O–H groups in total. The van der Waals surface area contributed by atoms with Crippen molar-refractivity contribution in [1.29, 1.82) is 0 Å². The number of H-pyrrole nitrogens is 1. The molecule has 5 heteroatoms. The summed E-state index contributed by atoms with van der Waals surface area (Å²) in [6.45, 7) is 3.99. The summed E-state index contributed by atoms with van der Waals surface area (Å²) < 4.78 is 0. The number of carbonyl (C=O) groups excluding carboxylic acids is 1. The van der Waals surface area contributed by atoms with Crippen LogP contribution in [0.5, 0.6) is 0 Å². The number of fused-ring (bicyclic) bond motifs is 1. The molecule has 3 rings (SSSR count). The Kier molecular flexibility index (Phi) is 4.92. The van der Waals surface area contributed by atoms with Crippen molar-refractivity contribution < 1.29 is 4.79 Å². The molecule has 1 amide bonds.